The molecular formula is C13H18N4O3. The van der Waals surface area contributed by atoms with Gasteiger partial charge >= 0.3 is 6.09 Å². The van der Waals surface area contributed by atoms with E-state index in [2.05, 4.69) is 20.5 Å². The van der Waals surface area contributed by atoms with Gasteiger partial charge in [0.15, 0.2) is 5.76 Å². The third kappa shape index (κ3) is 4.11. The summed E-state index contributed by atoms with van der Waals surface area (Å²) in [7, 11) is 0. The number of nitrogens with zero attached hydrogens (tertiary/aromatic N) is 2. The molecule has 0 aliphatic heterocycles. The number of aromatic nitrogens is 3. The fourth-order valence-corrected chi connectivity index (χ4v) is 1.52. The summed E-state index contributed by atoms with van der Waals surface area (Å²) in [5.74, 6) is 1.78. The standard InChI is InChI=1S/C13H18N4O3/c1-13(2,3)20-12(18)14-7-6-10-15-11(17-16-10)9-5-4-8-19-9/h4-5,8H,6-7H2,1-3H3,(H,14,18)(H,15,16,17). The molecule has 0 unspecified atom stereocenters. The van der Waals surface area contributed by atoms with E-state index in [0.717, 1.165) is 0 Å². The fraction of sp³-hybridized carbons (Fsp3) is 0.462. The second-order valence-electron chi connectivity index (χ2n) is 5.26. The Morgan fingerprint density at radius 1 is 1.50 bits per heavy atom. The van der Waals surface area contributed by atoms with Crippen molar-refractivity contribution in [2.45, 2.75) is 32.8 Å². The van der Waals surface area contributed by atoms with Crippen LogP contribution in [-0.4, -0.2) is 33.4 Å². The van der Waals surface area contributed by atoms with Gasteiger partial charge in [-0.3, -0.25) is 5.10 Å². The second kappa shape index (κ2) is 5.77. The topological polar surface area (TPSA) is 93.0 Å². The van der Waals surface area contributed by atoms with Crippen molar-refractivity contribution in [2.75, 3.05) is 6.54 Å². The van der Waals surface area contributed by atoms with Crippen LogP contribution < -0.4 is 5.32 Å². The first-order chi connectivity index (χ1) is 9.44. The molecule has 0 spiro atoms. The summed E-state index contributed by atoms with van der Waals surface area (Å²) >= 11 is 0. The van der Waals surface area contributed by atoms with E-state index in [9.17, 15) is 4.79 Å². The predicted octanol–water partition coefficient (Wildman–Crippen LogP) is 2.13. The van der Waals surface area contributed by atoms with Gasteiger partial charge in [-0.05, 0) is 32.9 Å². The zero-order valence-corrected chi connectivity index (χ0v) is 11.8. The summed E-state index contributed by atoms with van der Waals surface area (Å²) < 4.78 is 10.3. The van der Waals surface area contributed by atoms with Crippen molar-refractivity contribution >= 4 is 6.09 Å². The highest BCUT2D eigenvalue weighted by molar-refractivity contribution is 5.67. The minimum absolute atomic E-state index is 0.418. The van der Waals surface area contributed by atoms with E-state index in [1.807, 2.05) is 20.8 Å². The van der Waals surface area contributed by atoms with Crippen molar-refractivity contribution in [1.82, 2.24) is 20.5 Å². The van der Waals surface area contributed by atoms with Crippen molar-refractivity contribution in [3.8, 4) is 11.6 Å². The minimum atomic E-state index is -0.497. The lowest BCUT2D eigenvalue weighted by Crippen LogP contribution is -2.33. The molecule has 2 rings (SSSR count). The van der Waals surface area contributed by atoms with Gasteiger partial charge in [0, 0.05) is 13.0 Å². The summed E-state index contributed by atoms with van der Waals surface area (Å²) in [6, 6.07) is 3.56. The molecular weight excluding hydrogens is 260 g/mol. The SMILES string of the molecule is CC(C)(C)OC(=O)NCCc1nc(-c2ccco2)n[nH]1. The van der Waals surface area contributed by atoms with Crippen molar-refractivity contribution in [3.63, 3.8) is 0 Å². The maximum atomic E-state index is 11.4. The monoisotopic (exact) mass is 278 g/mol. The molecule has 20 heavy (non-hydrogen) atoms. The van der Waals surface area contributed by atoms with E-state index in [0.29, 0.717) is 30.4 Å². The molecule has 2 heterocycles. The smallest absolute Gasteiger partial charge is 0.407 e. The molecule has 7 heteroatoms. The molecule has 0 aliphatic carbocycles. The Morgan fingerprint density at radius 3 is 2.95 bits per heavy atom. The Morgan fingerprint density at radius 2 is 2.30 bits per heavy atom. The van der Waals surface area contributed by atoms with Crippen LogP contribution in [0.15, 0.2) is 22.8 Å². The molecule has 0 radical (unpaired) electrons. The van der Waals surface area contributed by atoms with Crippen LogP contribution >= 0.6 is 0 Å². The van der Waals surface area contributed by atoms with Crippen molar-refractivity contribution < 1.29 is 13.9 Å². The molecule has 1 amide bonds. The van der Waals surface area contributed by atoms with Gasteiger partial charge < -0.3 is 14.5 Å². The lowest BCUT2D eigenvalue weighted by molar-refractivity contribution is 0.0528. The van der Waals surface area contributed by atoms with Crippen LogP contribution in [0.1, 0.15) is 26.6 Å². The molecule has 0 aromatic carbocycles. The molecule has 7 nitrogen and oxygen atoms in total. The molecule has 0 fully saturated rings. The number of carbonyl (C=O) groups excluding carboxylic acids is 1. The number of rotatable bonds is 4. The summed E-state index contributed by atoms with van der Waals surface area (Å²) in [6.07, 6.45) is 1.66. The first-order valence-corrected chi connectivity index (χ1v) is 6.36. The van der Waals surface area contributed by atoms with Crippen LogP contribution in [0.2, 0.25) is 0 Å². The Labute approximate surface area is 116 Å². The Hall–Kier alpha value is -2.31. The molecule has 2 N–H and O–H groups in total. The molecule has 108 valence electrons. The number of aromatic amines is 1. The van der Waals surface area contributed by atoms with Crippen molar-refractivity contribution in [1.29, 1.82) is 0 Å². The number of amides is 1. The molecule has 0 aliphatic rings. The fourth-order valence-electron chi connectivity index (χ4n) is 1.52. The quantitative estimate of drug-likeness (QED) is 0.893. The lowest BCUT2D eigenvalue weighted by atomic mass is 10.2. The lowest BCUT2D eigenvalue weighted by Gasteiger charge is -2.19. The first-order valence-electron chi connectivity index (χ1n) is 6.36. The third-order valence-electron chi connectivity index (χ3n) is 2.30. The maximum Gasteiger partial charge on any atom is 0.407 e. The summed E-state index contributed by atoms with van der Waals surface area (Å²) in [5.41, 5.74) is -0.497. The van der Waals surface area contributed by atoms with Crippen LogP contribution in [0.25, 0.3) is 11.6 Å². The zero-order valence-electron chi connectivity index (χ0n) is 11.8. The van der Waals surface area contributed by atoms with Gasteiger partial charge in [0.05, 0.1) is 6.26 Å². The molecule has 0 saturated heterocycles. The Bertz CT molecular complexity index is 554. The van der Waals surface area contributed by atoms with Crippen LogP contribution in [0, 0.1) is 0 Å². The van der Waals surface area contributed by atoms with E-state index < -0.39 is 11.7 Å². The van der Waals surface area contributed by atoms with E-state index >= 15 is 0 Å². The average Bonchev–Trinajstić information content (AvgIpc) is 2.96. The van der Waals surface area contributed by atoms with Gasteiger partial charge in [0.1, 0.15) is 11.4 Å². The van der Waals surface area contributed by atoms with Gasteiger partial charge in [0.2, 0.25) is 5.82 Å². The number of furan rings is 1. The molecule has 2 aromatic heterocycles. The minimum Gasteiger partial charge on any atom is -0.461 e. The van der Waals surface area contributed by atoms with Gasteiger partial charge in [-0.25, -0.2) is 9.78 Å². The maximum absolute atomic E-state index is 11.4. The van der Waals surface area contributed by atoms with Crippen molar-refractivity contribution in [3.05, 3.63) is 24.2 Å². The number of alkyl carbamates (subject to hydrolysis) is 1. The molecule has 0 bridgehead atoms. The highest BCUT2D eigenvalue weighted by Crippen LogP contribution is 2.14. The Kier molecular flexibility index (Phi) is 4.07. The van der Waals surface area contributed by atoms with E-state index in [1.54, 1.807) is 18.4 Å². The van der Waals surface area contributed by atoms with Crippen LogP contribution in [-0.2, 0) is 11.2 Å². The zero-order chi connectivity index (χ0) is 14.6. The normalized spacial score (nSPS) is 11.3. The number of nitrogens with one attached hydrogen (secondary N) is 2. The van der Waals surface area contributed by atoms with Gasteiger partial charge in [-0.1, -0.05) is 0 Å². The highest BCUT2D eigenvalue weighted by Gasteiger charge is 2.15. The second-order valence-corrected chi connectivity index (χ2v) is 5.26. The molecule has 0 atom stereocenters. The van der Waals surface area contributed by atoms with E-state index in [-0.39, 0.29) is 0 Å². The van der Waals surface area contributed by atoms with Crippen molar-refractivity contribution in [2.24, 2.45) is 0 Å². The number of hydrogen-bond donors (Lipinski definition) is 2. The van der Waals surface area contributed by atoms with Crippen LogP contribution in [0.5, 0.6) is 0 Å². The third-order valence-corrected chi connectivity index (χ3v) is 2.30. The van der Waals surface area contributed by atoms with Crippen LogP contribution in [0.3, 0.4) is 0 Å². The van der Waals surface area contributed by atoms with Gasteiger partial charge in [-0.2, -0.15) is 5.10 Å². The van der Waals surface area contributed by atoms with Gasteiger partial charge in [-0.15, -0.1) is 0 Å². The van der Waals surface area contributed by atoms with E-state index in [4.69, 9.17) is 9.15 Å². The summed E-state index contributed by atoms with van der Waals surface area (Å²) in [6.45, 7) is 5.87. The van der Waals surface area contributed by atoms with Gasteiger partial charge in [0.25, 0.3) is 0 Å². The average molecular weight is 278 g/mol. The number of hydrogen-bond acceptors (Lipinski definition) is 5. The number of ether oxygens (including phenoxy) is 1. The highest BCUT2D eigenvalue weighted by atomic mass is 16.6. The van der Waals surface area contributed by atoms with E-state index in [1.165, 1.54) is 0 Å². The number of carbonyl (C=O) groups is 1. The van der Waals surface area contributed by atoms with Crippen LogP contribution in [0.4, 0.5) is 4.79 Å². The Balaban J connectivity index is 1.79. The predicted molar refractivity (Wildman–Crippen MR) is 72.0 cm³/mol. The number of H-pyrrole nitrogens is 1. The summed E-state index contributed by atoms with van der Waals surface area (Å²) in [5, 5.41) is 9.50. The summed E-state index contributed by atoms with van der Waals surface area (Å²) in [4.78, 5) is 15.7. The molecule has 2 aromatic rings. The molecule has 0 saturated carbocycles. The first kappa shape index (κ1) is 14.1. The largest absolute Gasteiger partial charge is 0.461 e.